The van der Waals surface area contributed by atoms with E-state index in [4.69, 9.17) is 16.6 Å². The number of furan rings is 1. The first-order chi connectivity index (χ1) is 8.83. The van der Waals surface area contributed by atoms with Gasteiger partial charge in [0.25, 0.3) is 0 Å². The van der Waals surface area contributed by atoms with E-state index in [1.165, 1.54) is 0 Å². The van der Waals surface area contributed by atoms with Crippen LogP contribution >= 0.6 is 12.2 Å². The number of benzene rings is 2. The van der Waals surface area contributed by atoms with Crippen LogP contribution in [0.15, 0.2) is 65.1 Å². The van der Waals surface area contributed by atoms with E-state index >= 15 is 0 Å². The molecule has 2 aromatic carbocycles. The van der Waals surface area contributed by atoms with Gasteiger partial charge in [-0.3, -0.25) is 0 Å². The number of para-hydroxylation sites is 2. The first-order valence-electron chi connectivity index (χ1n) is 5.68. The number of nitrogens with one attached hydrogen (secondary N) is 1. The van der Waals surface area contributed by atoms with Crippen LogP contribution in [0.5, 0.6) is 0 Å². The standard InChI is InChI=1S/C15H11NOS/c18-15(16-12-7-2-1-3-8-12)14-10-11-6-4-5-9-13(11)17-14/h1-10H,(H,16,18). The van der Waals surface area contributed by atoms with Gasteiger partial charge in [-0.1, -0.05) is 48.6 Å². The number of hydrogen-bond acceptors (Lipinski definition) is 2. The van der Waals surface area contributed by atoms with E-state index in [2.05, 4.69) is 5.32 Å². The normalized spacial score (nSPS) is 10.4. The molecule has 0 atom stereocenters. The van der Waals surface area contributed by atoms with Crippen molar-refractivity contribution in [3.63, 3.8) is 0 Å². The van der Waals surface area contributed by atoms with Crippen LogP contribution < -0.4 is 5.32 Å². The van der Waals surface area contributed by atoms with Gasteiger partial charge in [0.2, 0.25) is 0 Å². The second-order valence-electron chi connectivity index (χ2n) is 3.97. The SMILES string of the molecule is S=C(Nc1ccccc1)c1cc2ccccc2o1. The molecular formula is C15H11NOS. The third-order valence-corrected chi connectivity index (χ3v) is 2.98. The molecule has 1 aromatic heterocycles. The van der Waals surface area contributed by atoms with Crippen molar-refractivity contribution in [3.05, 3.63) is 66.4 Å². The van der Waals surface area contributed by atoms with Crippen LogP contribution in [0.25, 0.3) is 11.0 Å². The fourth-order valence-corrected chi connectivity index (χ4v) is 2.03. The zero-order valence-corrected chi connectivity index (χ0v) is 10.4. The van der Waals surface area contributed by atoms with Crippen molar-refractivity contribution < 1.29 is 4.42 Å². The van der Waals surface area contributed by atoms with Crippen LogP contribution in [-0.2, 0) is 0 Å². The van der Waals surface area contributed by atoms with Crippen LogP contribution in [0, 0.1) is 0 Å². The maximum atomic E-state index is 5.70. The van der Waals surface area contributed by atoms with Crippen LogP contribution in [0.1, 0.15) is 5.76 Å². The Bertz CT molecular complexity index is 655. The van der Waals surface area contributed by atoms with E-state index in [1.54, 1.807) is 0 Å². The molecule has 0 saturated heterocycles. The first-order valence-corrected chi connectivity index (χ1v) is 6.09. The summed E-state index contributed by atoms with van der Waals surface area (Å²) >= 11 is 5.34. The number of fused-ring (bicyclic) bond motifs is 1. The minimum absolute atomic E-state index is 0.595. The fraction of sp³-hybridized carbons (Fsp3) is 0. The van der Waals surface area contributed by atoms with Gasteiger partial charge in [0, 0.05) is 11.1 Å². The average Bonchev–Trinajstić information content (AvgIpc) is 2.84. The molecule has 0 saturated carbocycles. The Morgan fingerprint density at radius 3 is 2.44 bits per heavy atom. The quantitative estimate of drug-likeness (QED) is 0.692. The summed E-state index contributed by atoms with van der Waals surface area (Å²) in [5.74, 6) is 0.690. The average molecular weight is 253 g/mol. The van der Waals surface area contributed by atoms with Gasteiger partial charge in [-0.25, -0.2) is 0 Å². The molecule has 0 amide bonds. The minimum atomic E-state index is 0.595. The molecule has 3 rings (SSSR count). The molecule has 0 fully saturated rings. The highest BCUT2D eigenvalue weighted by molar-refractivity contribution is 7.81. The van der Waals surface area contributed by atoms with Gasteiger partial charge in [0.05, 0.1) is 0 Å². The Morgan fingerprint density at radius 1 is 0.944 bits per heavy atom. The predicted molar refractivity (Wildman–Crippen MR) is 78.0 cm³/mol. The zero-order valence-electron chi connectivity index (χ0n) is 9.59. The molecule has 88 valence electrons. The topological polar surface area (TPSA) is 25.2 Å². The van der Waals surface area contributed by atoms with Crippen molar-refractivity contribution >= 4 is 33.9 Å². The summed E-state index contributed by atoms with van der Waals surface area (Å²) in [5, 5.41) is 4.22. The monoisotopic (exact) mass is 253 g/mol. The van der Waals surface area contributed by atoms with E-state index in [-0.39, 0.29) is 0 Å². The lowest BCUT2D eigenvalue weighted by molar-refractivity contribution is 0.606. The number of hydrogen-bond donors (Lipinski definition) is 1. The summed E-state index contributed by atoms with van der Waals surface area (Å²) in [6.45, 7) is 0. The molecule has 0 aliphatic heterocycles. The number of thiocarbonyl (C=S) groups is 1. The summed E-state index contributed by atoms with van der Waals surface area (Å²) in [5.41, 5.74) is 1.81. The fourth-order valence-electron chi connectivity index (χ4n) is 1.81. The van der Waals surface area contributed by atoms with E-state index in [9.17, 15) is 0 Å². The van der Waals surface area contributed by atoms with Crippen molar-refractivity contribution in [2.75, 3.05) is 5.32 Å². The van der Waals surface area contributed by atoms with E-state index in [1.807, 2.05) is 60.7 Å². The van der Waals surface area contributed by atoms with Crippen LogP contribution in [0.4, 0.5) is 5.69 Å². The van der Waals surface area contributed by atoms with Gasteiger partial charge in [0.15, 0.2) is 5.76 Å². The van der Waals surface area contributed by atoms with Crippen LogP contribution in [-0.4, -0.2) is 4.99 Å². The molecule has 0 bridgehead atoms. The molecule has 2 nitrogen and oxygen atoms in total. The molecule has 3 heteroatoms. The summed E-state index contributed by atoms with van der Waals surface area (Å²) in [4.78, 5) is 0.595. The second-order valence-corrected chi connectivity index (χ2v) is 4.38. The highest BCUT2D eigenvalue weighted by atomic mass is 32.1. The van der Waals surface area contributed by atoms with Gasteiger partial charge in [-0.2, -0.15) is 0 Å². The summed E-state index contributed by atoms with van der Waals surface area (Å²) in [7, 11) is 0. The molecular weight excluding hydrogens is 242 g/mol. The number of anilines is 1. The number of rotatable bonds is 2. The third kappa shape index (κ3) is 2.13. The lowest BCUT2D eigenvalue weighted by atomic mass is 10.2. The van der Waals surface area contributed by atoms with Crippen molar-refractivity contribution in [3.8, 4) is 0 Å². The van der Waals surface area contributed by atoms with Gasteiger partial charge >= 0.3 is 0 Å². The summed E-state index contributed by atoms with van der Waals surface area (Å²) in [6.07, 6.45) is 0. The molecule has 18 heavy (non-hydrogen) atoms. The van der Waals surface area contributed by atoms with Crippen LogP contribution in [0.3, 0.4) is 0 Å². The smallest absolute Gasteiger partial charge is 0.162 e. The first kappa shape index (κ1) is 11.0. The largest absolute Gasteiger partial charge is 0.454 e. The Labute approximate surface area is 110 Å². The molecule has 0 aliphatic rings. The van der Waals surface area contributed by atoms with E-state index in [0.29, 0.717) is 10.7 Å². The van der Waals surface area contributed by atoms with Gasteiger partial charge < -0.3 is 9.73 Å². The molecule has 1 heterocycles. The summed E-state index contributed by atoms with van der Waals surface area (Å²) < 4.78 is 5.70. The zero-order chi connectivity index (χ0) is 12.4. The highest BCUT2D eigenvalue weighted by Crippen LogP contribution is 2.20. The molecule has 0 aliphatic carbocycles. The maximum absolute atomic E-state index is 5.70. The second kappa shape index (κ2) is 4.63. The lowest BCUT2D eigenvalue weighted by Gasteiger charge is -2.04. The Kier molecular flexibility index (Phi) is 2.82. The minimum Gasteiger partial charge on any atom is -0.454 e. The Morgan fingerprint density at radius 2 is 1.67 bits per heavy atom. The highest BCUT2D eigenvalue weighted by Gasteiger charge is 2.08. The lowest BCUT2D eigenvalue weighted by Crippen LogP contribution is -2.08. The van der Waals surface area contributed by atoms with Crippen molar-refractivity contribution in [2.45, 2.75) is 0 Å². The molecule has 0 spiro atoms. The molecule has 0 radical (unpaired) electrons. The van der Waals surface area contributed by atoms with Crippen molar-refractivity contribution in [1.29, 1.82) is 0 Å². The van der Waals surface area contributed by atoms with Gasteiger partial charge in [-0.15, -0.1) is 0 Å². The Hall–Kier alpha value is -2.13. The van der Waals surface area contributed by atoms with E-state index in [0.717, 1.165) is 16.7 Å². The third-order valence-electron chi connectivity index (χ3n) is 2.68. The molecule has 1 N–H and O–H groups in total. The van der Waals surface area contributed by atoms with Gasteiger partial charge in [0.1, 0.15) is 10.6 Å². The van der Waals surface area contributed by atoms with E-state index < -0.39 is 0 Å². The molecule has 0 unspecified atom stereocenters. The maximum Gasteiger partial charge on any atom is 0.162 e. The Balaban J connectivity index is 1.88. The van der Waals surface area contributed by atoms with Crippen molar-refractivity contribution in [1.82, 2.24) is 0 Å². The van der Waals surface area contributed by atoms with Crippen molar-refractivity contribution in [2.24, 2.45) is 0 Å². The predicted octanol–water partition coefficient (Wildman–Crippen LogP) is 4.22. The molecule has 3 aromatic rings. The van der Waals surface area contributed by atoms with Crippen LogP contribution in [0.2, 0.25) is 0 Å². The van der Waals surface area contributed by atoms with Gasteiger partial charge in [-0.05, 0) is 24.3 Å². The summed E-state index contributed by atoms with van der Waals surface area (Å²) in [6, 6.07) is 19.6.